The number of furan rings is 1. The summed E-state index contributed by atoms with van der Waals surface area (Å²) < 4.78 is 5.31. The van der Waals surface area contributed by atoms with E-state index >= 15 is 0 Å². The summed E-state index contributed by atoms with van der Waals surface area (Å²) in [6.07, 6.45) is 1.60. The SMILES string of the molecule is C[C@H](NCC(=O)Nc1ccccc1C(=O)NCc1ccccc1)c1ccco1. The monoisotopic (exact) mass is 377 g/mol. The Kier molecular flexibility index (Phi) is 6.59. The van der Waals surface area contributed by atoms with E-state index < -0.39 is 0 Å². The second-order valence-electron chi connectivity index (χ2n) is 6.38. The number of carbonyl (C=O) groups is 2. The molecule has 3 rings (SSSR count). The number of para-hydroxylation sites is 1. The lowest BCUT2D eigenvalue weighted by Gasteiger charge is -2.14. The van der Waals surface area contributed by atoms with E-state index in [0.29, 0.717) is 17.8 Å². The van der Waals surface area contributed by atoms with Gasteiger partial charge in [0.2, 0.25) is 5.91 Å². The summed E-state index contributed by atoms with van der Waals surface area (Å²) in [5, 5.41) is 8.77. The zero-order valence-corrected chi connectivity index (χ0v) is 15.6. The van der Waals surface area contributed by atoms with Crippen molar-refractivity contribution in [3.05, 3.63) is 89.9 Å². The number of anilines is 1. The van der Waals surface area contributed by atoms with Gasteiger partial charge in [-0.2, -0.15) is 0 Å². The summed E-state index contributed by atoms with van der Waals surface area (Å²) in [5.41, 5.74) is 1.91. The molecule has 3 N–H and O–H groups in total. The first-order valence-corrected chi connectivity index (χ1v) is 9.11. The summed E-state index contributed by atoms with van der Waals surface area (Å²) in [7, 11) is 0. The lowest BCUT2D eigenvalue weighted by molar-refractivity contribution is -0.115. The summed E-state index contributed by atoms with van der Waals surface area (Å²) in [4.78, 5) is 24.9. The van der Waals surface area contributed by atoms with Crippen molar-refractivity contribution in [3.8, 4) is 0 Å². The van der Waals surface area contributed by atoms with E-state index in [4.69, 9.17) is 4.42 Å². The van der Waals surface area contributed by atoms with Gasteiger partial charge in [0.1, 0.15) is 5.76 Å². The molecule has 0 bridgehead atoms. The molecule has 6 heteroatoms. The first-order chi connectivity index (χ1) is 13.6. The number of nitrogens with one attached hydrogen (secondary N) is 3. The zero-order valence-electron chi connectivity index (χ0n) is 15.6. The standard InChI is InChI=1S/C22H23N3O3/c1-16(20-12-7-13-28-20)23-15-21(26)25-19-11-6-5-10-18(19)22(27)24-14-17-8-3-2-4-9-17/h2-13,16,23H,14-15H2,1H3,(H,24,27)(H,25,26)/t16-/m0/s1. The Hall–Kier alpha value is -3.38. The van der Waals surface area contributed by atoms with Crippen LogP contribution in [0.4, 0.5) is 5.69 Å². The smallest absolute Gasteiger partial charge is 0.253 e. The van der Waals surface area contributed by atoms with Crippen LogP contribution in [0.3, 0.4) is 0 Å². The van der Waals surface area contributed by atoms with Crippen LogP contribution in [-0.4, -0.2) is 18.4 Å². The number of hydrogen-bond donors (Lipinski definition) is 3. The highest BCUT2D eigenvalue weighted by Crippen LogP contribution is 2.16. The highest BCUT2D eigenvalue weighted by Gasteiger charge is 2.14. The molecule has 0 aliphatic carbocycles. The summed E-state index contributed by atoms with van der Waals surface area (Å²) in [6.45, 7) is 2.43. The van der Waals surface area contributed by atoms with Gasteiger partial charge in [-0.3, -0.25) is 14.9 Å². The van der Waals surface area contributed by atoms with Crippen molar-refractivity contribution in [1.82, 2.24) is 10.6 Å². The normalized spacial score (nSPS) is 11.6. The van der Waals surface area contributed by atoms with Gasteiger partial charge in [-0.1, -0.05) is 42.5 Å². The van der Waals surface area contributed by atoms with Crippen LogP contribution in [0.15, 0.2) is 77.4 Å². The van der Waals surface area contributed by atoms with E-state index in [0.717, 1.165) is 11.3 Å². The minimum atomic E-state index is -0.239. The van der Waals surface area contributed by atoms with Crippen LogP contribution in [-0.2, 0) is 11.3 Å². The van der Waals surface area contributed by atoms with E-state index in [1.165, 1.54) is 0 Å². The van der Waals surface area contributed by atoms with Crippen LogP contribution in [0.25, 0.3) is 0 Å². The molecule has 0 saturated carbocycles. The Balaban J connectivity index is 1.56. The third kappa shape index (κ3) is 5.31. The Bertz CT molecular complexity index is 908. The maximum absolute atomic E-state index is 12.6. The van der Waals surface area contributed by atoms with E-state index in [2.05, 4.69) is 16.0 Å². The summed E-state index contributed by atoms with van der Waals surface area (Å²) in [5.74, 6) is 0.284. The molecule has 144 valence electrons. The highest BCUT2D eigenvalue weighted by atomic mass is 16.3. The van der Waals surface area contributed by atoms with E-state index in [1.807, 2.05) is 43.3 Å². The fourth-order valence-corrected chi connectivity index (χ4v) is 2.74. The fourth-order valence-electron chi connectivity index (χ4n) is 2.74. The molecule has 0 spiro atoms. The molecule has 1 atom stereocenters. The molecule has 1 aromatic heterocycles. The van der Waals surface area contributed by atoms with Crippen LogP contribution in [0.5, 0.6) is 0 Å². The van der Waals surface area contributed by atoms with Crippen LogP contribution in [0.1, 0.15) is 34.6 Å². The third-order valence-electron chi connectivity index (χ3n) is 4.28. The van der Waals surface area contributed by atoms with Gasteiger partial charge >= 0.3 is 0 Å². The Labute approximate surface area is 164 Å². The maximum Gasteiger partial charge on any atom is 0.253 e. The lowest BCUT2D eigenvalue weighted by atomic mass is 10.1. The van der Waals surface area contributed by atoms with Crippen LogP contribution >= 0.6 is 0 Å². The second-order valence-corrected chi connectivity index (χ2v) is 6.38. The highest BCUT2D eigenvalue weighted by molar-refractivity contribution is 6.04. The number of rotatable bonds is 8. The first kappa shape index (κ1) is 19.4. The molecule has 28 heavy (non-hydrogen) atoms. The van der Waals surface area contributed by atoms with E-state index in [9.17, 15) is 9.59 Å². The van der Waals surface area contributed by atoms with Crippen molar-refractivity contribution in [2.75, 3.05) is 11.9 Å². The van der Waals surface area contributed by atoms with Crippen LogP contribution in [0, 0.1) is 0 Å². The van der Waals surface area contributed by atoms with Gasteiger partial charge in [-0.05, 0) is 36.8 Å². The number of benzene rings is 2. The molecule has 0 unspecified atom stereocenters. The predicted octanol–water partition coefficient (Wildman–Crippen LogP) is 3.50. The molecule has 0 radical (unpaired) electrons. The molecule has 2 amide bonds. The van der Waals surface area contributed by atoms with Gasteiger partial charge in [0, 0.05) is 6.54 Å². The molecule has 0 fully saturated rings. The molecule has 0 aliphatic heterocycles. The average molecular weight is 377 g/mol. The quantitative estimate of drug-likeness (QED) is 0.561. The van der Waals surface area contributed by atoms with Crippen molar-refractivity contribution in [1.29, 1.82) is 0 Å². The van der Waals surface area contributed by atoms with Gasteiger partial charge in [0.05, 0.1) is 30.1 Å². The molecule has 6 nitrogen and oxygen atoms in total. The van der Waals surface area contributed by atoms with Crippen molar-refractivity contribution in [2.45, 2.75) is 19.5 Å². The van der Waals surface area contributed by atoms with Gasteiger partial charge in [0.25, 0.3) is 5.91 Å². The minimum absolute atomic E-state index is 0.0924. The van der Waals surface area contributed by atoms with Crippen LogP contribution in [0.2, 0.25) is 0 Å². The maximum atomic E-state index is 12.6. The predicted molar refractivity (Wildman–Crippen MR) is 108 cm³/mol. The topological polar surface area (TPSA) is 83.4 Å². The zero-order chi connectivity index (χ0) is 19.8. The Morgan fingerprint density at radius 1 is 0.964 bits per heavy atom. The number of hydrogen-bond acceptors (Lipinski definition) is 4. The molecule has 0 aliphatic rings. The van der Waals surface area contributed by atoms with E-state index in [1.54, 1.807) is 36.6 Å². The molecule has 2 aromatic carbocycles. The molecule has 0 saturated heterocycles. The van der Waals surface area contributed by atoms with Crippen molar-refractivity contribution >= 4 is 17.5 Å². The second kappa shape index (κ2) is 9.53. The Morgan fingerprint density at radius 3 is 2.46 bits per heavy atom. The summed E-state index contributed by atoms with van der Waals surface area (Å²) in [6, 6.07) is 20.2. The van der Waals surface area contributed by atoms with Crippen molar-refractivity contribution < 1.29 is 14.0 Å². The molecular weight excluding hydrogens is 354 g/mol. The van der Waals surface area contributed by atoms with Gasteiger partial charge in [-0.15, -0.1) is 0 Å². The number of carbonyl (C=O) groups excluding carboxylic acids is 2. The van der Waals surface area contributed by atoms with E-state index in [-0.39, 0.29) is 24.4 Å². The average Bonchev–Trinajstić information content (AvgIpc) is 3.26. The molecule has 1 heterocycles. The first-order valence-electron chi connectivity index (χ1n) is 9.11. The molecular formula is C22H23N3O3. The van der Waals surface area contributed by atoms with Crippen molar-refractivity contribution in [3.63, 3.8) is 0 Å². The lowest BCUT2D eigenvalue weighted by Crippen LogP contribution is -2.31. The largest absolute Gasteiger partial charge is 0.468 e. The van der Waals surface area contributed by atoms with Gasteiger partial charge in [0.15, 0.2) is 0 Å². The number of amides is 2. The molecule has 3 aromatic rings. The van der Waals surface area contributed by atoms with Gasteiger partial charge < -0.3 is 15.1 Å². The van der Waals surface area contributed by atoms with Crippen LogP contribution < -0.4 is 16.0 Å². The Morgan fingerprint density at radius 2 is 1.71 bits per heavy atom. The minimum Gasteiger partial charge on any atom is -0.468 e. The third-order valence-corrected chi connectivity index (χ3v) is 4.28. The fraction of sp³-hybridized carbons (Fsp3) is 0.182. The summed E-state index contributed by atoms with van der Waals surface area (Å²) >= 11 is 0. The van der Waals surface area contributed by atoms with Crippen molar-refractivity contribution in [2.24, 2.45) is 0 Å². The van der Waals surface area contributed by atoms with Gasteiger partial charge in [-0.25, -0.2) is 0 Å².